The van der Waals surface area contributed by atoms with E-state index in [1.54, 1.807) is 30.0 Å². The summed E-state index contributed by atoms with van der Waals surface area (Å²) >= 11 is 12.0. The van der Waals surface area contributed by atoms with Gasteiger partial charge in [0.15, 0.2) is 0 Å². The lowest BCUT2D eigenvalue weighted by atomic mass is 10.0. The molecule has 0 radical (unpaired) electrons. The molecule has 0 bridgehead atoms. The zero-order chi connectivity index (χ0) is 16.3. The van der Waals surface area contributed by atoms with Gasteiger partial charge in [-0.05, 0) is 38.0 Å². The summed E-state index contributed by atoms with van der Waals surface area (Å²) in [5.41, 5.74) is 0.377. The molecule has 22 heavy (non-hydrogen) atoms. The first-order valence-electron chi connectivity index (χ1n) is 7.06. The van der Waals surface area contributed by atoms with E-state index >= 15 is 0 Å². The molecule has 8 heteroatoms. The molecule has 1 aliphatic rings. The Morgan fingerprint density at radius 1 is 1.32 bits per heavy atom. The Balaban J connectivity index is 1.99. The molecule has 0 aliphatic carbocycles. The van der Waals surface area contributed by atoms with Crippen molar-refractivity contribution in [2.75, 3.05) is 18.8 Å². The maximum atomic E-state index is 12.5. The van der Waals surface area contributed by atoms with Gasteiger partial charge >= 0.3 is 0 Å². The molecule has 1 N–H and O–H groups in total. The van der Waals surface area contributed by atoms with Crippen LogP contribution in [0.2, 0.25) is 10.0 Å². The number of benzene rings is 1. The standard InChI is InChI=1S/C14H18Cl2N2O3S/c1-2-22(20,21)17-11-5-7-18(8-6-11)14(19)12-9-10(15)3-4-13(12)16/h3-4,9,11,17H,2,5-8H2,1H3. The number of sulfonamides is 1. The quantitative estimate of drug-likeness (QED) is 0.892. The molecule has 0 atom stereocenters. The average Bonchev–Trinajstić information content (AvgIpc) is 2.49. The highest BCUT2D eigenvalue weighted by atomic mass is 35.5. The first kappa shape index (κ1) is 17.5. The molecule has 2 rings (SSSR count). The Bertz CT molecular complexity index is 656. The van der Waals surface area contributed by atoms with Crippen molar-refractivity contribution in [2.45, 2.75) is 25.8 Å². The second-order valence-electron chi connectivity index (χ2n) is 5.21. The molecule has 1 heterocycles. The molecular weight excluding hydrogens is 347 g/mol. The van der Waals surface area contributed by atoms with Crippen LogP contribution in [0.4, 0.5) is 0 Å². The van der Waals surface area contributed by atoms with Crippen LogP contribution in [0.1, 0.15) is 30.1 Å². The van der Waals surface area contributed by atoms with E-state index in [1.807, 2.05) is 0 Å². The van der Waals surface area contributed by atoms with E-state index in [-0.39, 0.29) is 17.7 Å². The average molecular weight is 365 g/mol. The number of nitrogens with one attached hydrogen (secondary N) is 1. The van der Waals surface area contributed by atoms with Crippen molar-refractivity contribution in [1.29, 1.82) is 0 Å². The third-order valence-electron chi connectivity index (χ3n) is 3.67. The van der Waals surface area contributed by atoms with Crippen molar-refractivity contribution in [3.05, 3.63) is 33.8 Å². The van der Waals surface area contributed by atoms with Crippen molar-refractivity contribution in [3.8, 4) is 0 Å². The number of likely N-dealkylation sites (tertiary alicyclic amines) is 1. The predicted molar refractivity (Wildman–Crippen MR) is 88.0 cm³/mol. The van der Waals surface area contributed by atoms with Crippen LogP contribution in [0.3, 0.4) is 0 Å². The summed E-state index contributed by atoms with van der Waals surface area (Å²) in [6.07, 6.45) is 1.17. The van der Waals surface area contributed by atoms with Gasteiger partial charge in [0.1, 0.15) is 0 Å². The molecule has 0 aromatic heterocycles. The molecule has 5 nitrogen and oxygen atoms in total. The topological polar surface area (TPSA) is 66.5 Å². The van der Waals surface area contributed by atoms with Gasteiger partial charge in [0.05, 0.1) is 16.3 Å². The summed E-state index contributed by atoms with van der Waals surface area (Å²) in [5.74, 6) is -0.117. The van der Waals surface area contributed by atoms with Crippen molar-refractivity contribution < 1.29 is 13.2 Å². The van der Waals surface area contributed by atoms with Gasteiger partial charge in [0.2, 0.25) is 10.0 Å². The molecule has 1 aliphatic heterocycles. The van der Waals surface area contributed by atoms with Crippen molar-refractivity contribution >= 4 is 39.1 Å². The zero-order valence-electron chi connectivity index (χ0n) is 12.2. The SMILES string of the molecule is CCS(=O)(=O)NC1CCN(C(=O)c2cc(Cl)ccc2Cl)CC1. The molecule has 0 spiro atoms. The van der Waals surface area contributed by atoms with Crippen LogP contribution >= 0.6 is 23.2 Å². The fraction of sp³-hybridized carbons (Fsp3) is 0.500. The highest BCUT2D eigenvalue weighted by Crippen LogP contribution is 2.23. The van der Waals surface area contributed by atoms with Gasteiger partial charge in [0, 0.05) is 24.2 Å². The van der Waals surface area contributed by atoms with Crippen LogP contribution in [-0.4, -0.2) is 44.1 Å². The minimum absolute atomic E-state index is 0.0598. The van der Waals surface area contributed by atoms with Crippen molar-refractivity contribution in [1.82, 2.24) is 9.62 Å². The summed E-state index contributed by atoms with van der Waals surface area (Å²) in [7, 11) is -3.21. The van der Waals surface area contributed by atoms with E-state index in [9.17, 15) is 13.2 Å². The smallest absolute Gasteiger partial charge is 0.255 e. The minimum atomic E-state index is -3.21. The molecule has 1 saturated heterocycles. The maximum Gasteiger partial charge on any atom is 0.255 e. The predicted octanol–water partition coefficient (Wildman–Crippen LogP) is 2.54. The van der Waals surface area contributed by atoms with E-state index < -0.39 is 10.0 Å². The largest absolute Gasteiger partial charge is 0.338 e. The van der Waals surface area contributed by atoms with Gasteiger partial charge in [-0.2, -0.15) is 0 Å². The van der Waals surface area contributed by atoms with Gasteiger partial charge < -0.3 is 4.90 Å². The number of carbonyl (C=O) groups excluding carboxylic acids is 1. The number of hydrogen-bond donors (Lipinski definition) is 1. The van der Waals surface area contributed by atoms with Crippen molar-refractivity contribution in [3.63, 3.8) is 0 Å². The number of nitrogens with zero attached hydrogens (tertiary/aromatic N) is 1. The fourth-order valence-corrected chi connectivity index (χ4v) is 3.65. The van der Waals surface area contributed by atoms with E-state index in [0.29, 0.717) is 41.5 Å². The summed E-state index contributed by atoms with van der Waals surface area (Å²) in [6, 6.07) is 4.66. The van der Waals surface area contributed by atoms with E-state index in [2.05, 4.69) is 4.72 Å². The fourth-order valence-electron chi connectivity index (χ4n) is 2.37. The normalized spacial score (nSPS) is 16.8. The molecule has 0 unspecified atom stereocenters. The first-order chi connectivity index (χ1) is 10.3. The molecule has 0 saturated carbocycles. The lowest BCUT2D eigenvalue weighted by molar-refractivity contribution is 0.0711. The van der Waals surface area contributed by atoms with Crippen LogP contribution in [0, 0.1) is 0 Å². The summed E-state index contributed by atoms with van der Waals surface area (Å²) in [6.45, 7) is 2.57. The molecule has 122 valence electrons. The summed E-state index contributed by atoms with van der Waals surface area (Å²) < 4.78 is 25.8. The Hall–Kier alpha value is -0.820. The maximum absolute atomic E-state index is 12.5. The van der Waals surface area contributed by atoms with E-state index in [4.69, 9.17) is 23.2 Å². The van der Waals surface area contributed by atoms with Gasteiger partial charge in [-0.3, -0.25) is 4.79 Å². The first-order valence-corrected chi connectivity index (χ1v) is 9.47. The number of carbonyl (C=O) groups is 1. The molecule has 1 amide bonds. The molecule has 1 fully saturated rings. The van der Waals surface area contributed by atoms with Crippen molar-refractivity contribution in [2.24, 2.45) is 0 Å². The third kappa shape index (κ3) is 4.35. The number of amides is 1. The van der Waals surface area contributed by atoms with Crippen LogP contribution in [-0.2, 0) is 10.0 Å². The number of rotatable bonds is 4. The second kappa shape index (κ2) is 7.17. The lowest BCUT2D eigenvalue weighted by Gasteiger charge is -2.32. The monoisotopic (exact) mass is 364 g/mol. The van der Waals surface area contributed by atoms with Gasteiger partial charge in [-0.25, -0.2) is 13.1 Å². The van der Waals surface area contributed by atoms with Gasteiger partial charge in [0.25, 0.3) is 5.91 Å². The zero-order valence-corrected chi connectivity index (χ0v) is 14.5. The van der Waals surface area contributed by atoms with Crippen LogP contribution in [0.25, 0.3) is 0 Å². The van der Waals surface area contributed by atoms with Crippen LogP contribution in [0.5, 0.6) is 0 Å². The van der Waals surface area contributed by atoms with Crippen LogP contribution in [0.15, 0.2) is 18.2 Å². The Morgan fingerprint density at radius 2 is 1.95 bits per heavy atom. The highest BCUT2D eigenvalue weighted by molar-refractivity contribution is 7.89. The Labute approximate surface area is 140 Å². The second-order valence-corrected chi connectivity index (χ2v) is 8.10. The Morgan fingerprint density at radius 3 is 2.55 bits per heavy atom. The molecule has 1 aromatic rings. The van der Waals surface area contributed by atoms with Gasteiger partial charge in [-0.1, -0.05) is 23.2 Å². The minimum Gasteiger partial charge on any atom is -0.338 e. The number of hydrogen-bond acceptors (Lipinski definition) is 3. The van der Waals surface area contributed by atoms with Gasteiger partial charge in [-0.15, -0.1) is 0 Å². The summed E-state index contributed by atoms with van der Waals surface area (Å²) in [5, 5.41) is 0.821. The summed E-state index contributed by atoms with van der Waals surface area (Å²) in [4.78, 5) is 14.1. The van der Waals surface area contributed by atoms with Crippen LogP contribution < -0.4 is 4.72 Å². The third-order valence-corrected chi connectivity index (χ3v) is 5.68. The van der Waals surface area contributed by atoms with E-state index in [0.717, 1.165) is 0 Å². The molecular formula is C14H18Cl2N2O3S. The lowest BCUT2D eigenvalue weighted by Crippen LogP contribution is -2.46. The number of piperidine rings is 1. The van der Waals surface area contributed by atoms with E-state index in [1.165, 1.54) is 0 Å². The Kier molecular flexibility index (Phi) is 5.71. The molecule has 1 aromatic carbocycles. The highest BCUT2D eigenvalue weighted by Gasteiger charge is 2.26. The number of halogens is 2.